The van der Waals surface area contributed by atoms with E-state index in [-0.39, 0.29) is 41.8 Å². The number of aliphatic hydroxyl groups is 2. The van der Waals surface area contributed by atoms with Crippen LogP contribution in [-0.4, -0.2) is 89.3 Å². The number of hydrogen-bond acceptors (Lipinski definition) is 10. The molecule has 5 atom stereocenters. The number of piperidine rings is 1. The Morgan fingerprint density at radius 2 is 1.67 bits per heavy atom. The summed E-state index contributed by atoms with van der Waals surface area (Å²) >= 11 is 2.72. The molecule has 3 saturated heterocycles. The van der Waals surface area contributed by atoms with Crippen LogP contribution < -0.4 is 10.6 Å². The Hall–Kier alpha value is -3.62. The summed E-state index contributed by atoms with van der Waals surface area (Å²) in [6, 6.07) is 21.3. The molecule has 51 heavy (non-hydrogen) atoms. The normalized spacial score (nSPS) is 25.6. The van der Waals surface area contributed by atoms with E-state index in [9.17, 15) is 24.9 Å². The summed E-state index contributed by atoms with van der Waals surface area (Å²) in [7, 11) is 2.35. The number of benzene rings is 2. The van der Waals surface area contributed by atoms with E-state index in [2.05, 4.69) is 41.9 Å². The summed E-state index contributed by atoms with van der Waals surface area (Å²) in [6.07, 6.45) is 5.28. The lowest BCUT2D eigenvalue weighted by molar-refractivity contribution is -0.956. The first kappa shape index (κ1) is 35.8. The van der Waals surface area contributed by atoms with Gasteiger partial charge in [0.25, 0.3) is 0 Å². The van der Waals surface area contributed by atoms with Crippen molar-refractivity contribution in [3.8, 4) is 5.75 Å². The molecule has 270 valence electrons. The number of esters is 1. The molecular weight excluding hydrogens is 687 g/mol. The first-order valence-corrected chi connectivity index (χ1v) is 19.5. The van der Waals surface area contributed by atoms with Gasteiger partial charge in [-0.25, -0.2) is 4.79 Å². The summed E-state index contributed by atoms with van der Waals surface area (Å²) in [6.45, 7) is 2.15. The number of aromatic hydroxyl groups is 1. The van der Waals surface area contributed by atoms with Gasteiger partial charge in [-0.3, -0.25) is 4.79 Å². The Labute approximate surface area is 306 Å². The lowest BCUT2D eigenvalue weighted by Gasteiger charge is -2.48. The minimum atomic E-state index is -1.79. The van der Waals surface area contributed by atoms with E-state index in [1.54, 1.807) is 24.3 Å². The van der Waals surface area contributed by atoms with Crippen LogP contribution >= 0.6 is 22.7 Å². The van der Waals surface area contributed by atoms with E-state index in [1.807, 2.05) is 22.9 Å². The maximum Gasteiger partial charge on any atom is 0.349 e. The number of hydrogen-bond donors (Lipinski definition) is 5. The number of epoxide rings is 1. The van der Waals surface area contributed by atoms with Crippen LogP contribution in [0.2, 0.25) is 0 Å². The molecule has 0 saturated carbocycles. The van der Waals surface area contributed by atoms with Crippen LogP contribution in [0.5, 0.6) is 5.75 Å². The van der Waals surface area contributed by atoms with Gasteiger partial charge in [0.1, 0.15) is 36.1 Å². The van der Waals surface area contributed by atoms with Crippen molar-refractivity contribution >= 4 is 40.7 Å². The number of ether oxygens (including phenoxy) is 2. The average molecular weight is 733 g/mol. The number of anilines is 1. The van der Waals surface area contributed by atoms with E-state index in [4.69, 9.17) is 9.47 Å². The molecule has 3 fully saturated rings. The Morgan fingerprint density at radius 3 is 2.29 bits per heavy atom. The minimum Gasteiger partial charge on any atom is -0.506 e. The van der Waals surface area contributed by atoms with Crippen molar-refractivity contribution in [3.05, 3.63) is 104 Å². The van der Waals surface area contributed by atoms with Gasteiger partial charge >= 0.3 is 5.97 Å². The van der Waals surface area contributed by atoms with Gasteiger partial charge in [-0.05, 0) is 77.5 Å². The largest absolute Gasteiger partial charge is 0.506 e. The molecule has 5 N–H and O–H groups in total. The number of likely N-dealkylation sites (N-methyl/N-ethyl adjacent to an activating group) is 1. The van der Waals surface area contributed by atoms with Crippen molar-refractivity contribution < 1.29 is 38.9 Å². The number of amides is 1. The molecule has 4 aromatic rings. The van der Waals surface area contributed by atoms with E-state index in [0.717, 1.165) is 56.1 Å². The van der Waals surface area contributed by atoms with Gasteiger partial charge < -0.3 is 39.9 Å². The van der Waals surface area contributed by atoms with E-state index < -0.39 is 17.7 Å². The second-order valence-corrected chi connectivity index (χ2v) is 16.1. The monoisotopic (exact) mass is 732 g/mol. The van der Waals surface area contributed by atoms with Gasteiger partial charge in [-0.2, -0.15) is 0 Å². The van der Waals surface area contributed by atoms with Gasteiger partial charge in [0.2, 0.25) is 12.0 Å². The number of quaternary nitrogens is 1. The summed E-state index contributed by atoms with van der Waals surface area (Å²) in [5.74, 6) is -0.634. The van der Waals surface area contributed by atoms with Crippen LogP contribution in [-0.2, 0) is 37.5 Å². The highest BCUT2D eigenvalue weighted by molar-refractivity contribution is 7.12. The van der Waals surface area contributed by atoms with Crippen LogP contribution in [0, 0.1) is 0 Å². The average Bonchev–Trinajstić information content (AvgIpc) is 3.41. The number of nitrogens with zero attached hydrogens (tertiary/aromatic N) is 1. The molecule has 7 rings (SSSR count). The van der Waals surface area contributed by atoms with E-state index >= 15 is 0 Å². The first-order chi connectivity index (χ1) is 24.7. The number of thiophene rings is 2. The Kier molecular flexibility index (Phi) is 10.6. The lowest BCUT2D eigenvalue weighted by atomic mass is 9.93. The van der Waals surface area contributed by atoms with Crippen molar-refractivity contribution in [2.75, 3.05) is 32.0 Å². The SMILES string of the molecule is C[N+]1(CCCc2cccc(CCCNC[C@H](O)c3ccc(O)c(NC=O)c3)c2)C2CC(OC(=O)C(O)(c3cccs3)c3cccs3)CC1C1OC12. The number of fused-ring (bicyclic) bond motifs is 5. The standard InChI is InChI=1S/C39H45N3O7S2/c1-42(16-4-10-26-8-2-7-25(19-26)9-3-15-40-23-33(45)27-13-14-32(44)29(20-27)41-24-43)30-21-28(22-31(42)37-36(30)49-37)48-38(46)39(47,34-11-5-17-50-34)35-12-6-18-51-35/h2,5-8,11-14,17-20,24,28,30-31,33,36-37,40,45,47H,3-4,9-10,15-16,21-23H2,1H3,(H-,41,43,44)/p+1/t28?,30?,31?,33-,36?,37?,42?/m0/s1. The van der Waals surface area contributed by atoms with Gasteiger partial charge in [0.15, 0.2) is 0 Å². The smallest absolute Gasteiger partial charge is 0.349 e. The Bertz CT molecular complexity index is 1750. The number of phenolic OH excluding ortho intramolecular Hbond substituents is 1. The highest BCUT2D eigenvalue weighted by Crippen LogP contribution is 2.53. The van der Waals surface area contributed by atoms with Gasteiger partial charge in [0.05, 0.1) is 35.1 Å². The zero-order valence-corrected chi connectivity index (χ0v) is 30.3. The molecule has 3 aliphatic heterocycles. The lowest BCUT2D eigenvalue weighted by Crippen LogP contribution is -2.63. The van der Waals surface area contributed by atoms with E-state index in [1.165, 1.54) is 39.9 Å². The van der Waals surface area contributed by atoms with Gasteiger partial charge in [-0.1, -0.05) is 42.5 Å². The maximum absolute atomic E-state index is 13.7. The number of carbonyl (C=O) groups excluding carboxylic acids is 2. The molecule has 2 aromatic heterocycles. The summed E-state index contributed by atoms with van der Waals surface area (Å²) in [5.41, 5.74) is 1.72. The molecule has 5 heterocycles. The highest BCUT2D eigenvalue weighted by Gasteiger charge is 2.72. The quantitative estimate of drug-likeness (QED) is 0.0259. The molecule has 0 radical (unpaired) electrons. The molecule has 3 aliphatic rings. The van der Waals surface area contributed by atoms with Crippen molar-refractivity contribution in [2.45, 2.75) is 80.6 Å². The topological polar surface area (TPSA) is 141 Å². The third-order valence-corrected chi connectivity index (χ3v) is 13.0. The number of phenols is 1. The Balaban J connectivity index is 0.875. The molecule has 0 aliphatic carbocycles. The molecule has 2 aromatic carbocycles. The molecule has 0 spiro atoms. The molecule has 4 unspecified atom stereocenters. The van der Waals surface area contributed by atoms with Crippen LogP contribution in [0.4, 0.5) is 5.69 Å². The fraction of sp³-hybridized carbons (Fsp3) is 0.436. The summed E-state index contributed by atoms with van der Waals surface area (Å²) in [4.78, 5) is 25.6. The third-order valence-electron chi connectivity index (χ3n) is 11.0. The Morgan fingerprint density at radius 1 is 1.00 bits per heavy atom. The van der Waals surface area contributed by atoms with Crippen LogP contribution in [0.25, 0.3) is 0 Å². The summed E-state index contributed by atoms with van der Waals surface area (Å²) in [5, 5.41) is 41.6. The van der Waals surface area contributed by atoms with Crippen molar-refractivity contribution in [3.63, 3.8) is 0 Å². The fourth-order valence-corrected chi connectivity index (χ4v) is 10.0. The first-order valence-electron chi connectivity index (χ1n) is 17.7. The molecular formula is C39H46N3O7S2+. The fourth-order valence-electron chi connectivity index (χ4n) is 8.29. The highest BCUT2D eigenvalue weighted by atomic mass is 32.1. The van der Waals surface area contributed by atoms with Crippen LogP contribution in [0.1, 0.15) is 58.2 Å². The minimum absolute atomic E-state index is 0.0439. The summed E-state index contributed by atoms with van der Waals surface area (Å²) < 4.78 is 13.2. The number of aliphatic hydroxyl groups excluding tert-OH is 1. The predicted octanol–water partition coefficient (Wildman–Crippen LogP) is 4.88. The molecule has 10 nitrogen and oxygen atoms in total. The number of rotatable bonds is 17. The van der Waals surface area contributed by atoms with Crippen molar-refractivity contribution in [1.29, 1.82) is 0 Å². The molecule has 1 amide bonds. The maximum atomic E-state index is 13.7. The van der Waals surface area contributed by atoms with Crippen molar-refractivity contribution in [1.82, 2.24) is 5.32 Å². The van der Waals surface area contributed by atoms with Gasteiger partial charge in [-0.15, -0.1) is 22.7 Å². The second kappa shape index (κ2) is 15.2. The van der Waals surface area contributed by atoms with Crippen LogP contribution in [0.3, 0.4) is 0 Å². The predicted molar refractivity (Wildman–Crippen MR) is 197 cm³/mol. The number of morpholine rings is 1. The zero-order valence-electron chi connectivity index (χ0n) is 28.6. The second-order valence-electron chi connectivity index (χ2n) is 14.2. The van der Waals surface area contributed by atoms with Gasteiger partial charge in [0, 0.05) is 25.8 Å². The number of nitrogens with one attached hydrogen (secondary N) is 2. The van der Waals surface area contributed by atoms with E-state index in [0.29, 0.717) is 28.3 Å². The molecule has 2 bridgehead atoms. The van der Waals surface area contributed by atoms with Crippen LogP contribution in [0.15, 0.2) is 77.5 Å². The van der Waals surface area contributed by atoms with Crippen molar-refractivity contribution in [2.24, 2.45) is 0 Å². The third kappa shape index (κ3) is 7.36. The number of carbonyl (C=O) groups is 2. The zero-order chi connectivity index (χ0) is 35.6. The number of aryl methyl sites for hydroxylation is 2. The molecule has 12 heteroatoms.